The SMILES string of the molecule is CCCc1cc(CCC)c2nc(Cl)c(S(=O)(=O)Cl)n2n1. The molecule has 2 aromatic rings. The van der Waals surface area contributed by atoms with Gasteiger partial charge in [0.25, 0.3) is 9.05 Å². The summed E-state index contributed by atoms with van der Waals surface area (Å²) in [6.07, 6.45) is 3.36. The highest BCUT2D eigenvalue weighted by Crippen LogP contribution is 2.27. The summed E-state index contributed by atoms with van der Waals surface area (Å²) in [4.78, 5) is 4.10. The number of imidazole rings is 1. The van der Waals surface area contributed by atoms with Crippen molar-refractivity contribution in [1.82, 2.24) is 14.6 Å². The van der Waals surface area contributed by atoms with Gasteiger partial charge in [0, 0.05) is 10.7 Å². The zero-order valence-corrected chi connectivity index (χ0v) is 13.6. The van der Waals surface area contributed by atoms with Gasteiger partial charge in [-0.3, -0.25) is 0 Å². The molecule has 8 heteroatoms. The fraction of sp³-hybridized carbons (Fsp3) is 0.500. The molecule has 2 heterocycles. The lowest BCUT2D eigenvalue weighted by atomic mass is 10.1. The number of aryl methyl sites for hydroxylation is 2. The van der Waals surface area contributed by atoms with Gasteiger partial charge in [-0.05, 0) is 24.5 Å². The Bertz CT molecular complexity index is 741. The third-order valence-corrected chi connectivity index (χ3v) is 4.53. The third kappa shape index (κ3) is 2.92. The minimum absolute atomic E-state index is 0.140. The van der Waals surface area contributed by atoms with E-state index in [2.05, 4.69) is 10.1 Å². The van der Waals surface area contributed by atoms with Crippen molar-refractivity contribution in [2.45, 2.75) is 44.6 Å². The van der Waals surface area contributed by atoms with Crippen LogP contribution in [0.25, 0.3) is 5.65 Å². The lowest BCUT2D eigenvalue weighted by Gasteiger charge is -2.06. The van der Waals surface area contributed by atoms with Crippen LogP contribution in [-0.4, -0.2) is 23.0 Å². The Hall–Kier alpha value is -0.850. The van der Waals surface area contributed by atoms with Crippen molar-refractivity contribution in [2.75, 3.05) is 0 Å². The van der Waals surface area contributed by atoms with Gasteiger partial charge in [-0.15, -0.1) is 0 Å². The summed E-state index contributed by atoms with van der Waals surface area (Å²) in [5.41, 5.74) is 2.19. The third-order valence-electron chi connectivity index (χ3n) is 2.89. The Kier molecular flexibility index (Phi) is 4.56. The quantitative estimate of drug-likeness (QED) is 0.787. The molecular weight excluding hydrogens is 321 g/mol. The standard InChI is InChI=1S/C12H15Cl2N3O2S/c1-3-5-8-7-9(6-4-2)16-17-11(8)15-10(13)12(17)20(14,18)19/h7H,3-6H2,1-2H3. The maximum atomic E-state index is 11.6. The molecule has 0 atom stereocenters. The van der Waals surface area contributed by atoms with Crippen LogP contribution >= 0.6 is 22.3 Å². The molecule has 20 heavy (non-hydrogen) atoms. The van der Waals surface area contributed by atoms with Crippen molar-refractivity contribution >= 4 is 37.0 Å². The molecule has 2 aromatic heterocycles. The van der Waals surface area contributed by atoms with Gasteiger partial charge in [0.2, 0.25) is 5.03 Å². The summed E-state index contributed by atoms with van der Waals surface area (Å²) in [5, 5.41) is 3.90. The molecule has 2 rings (SSSR count). The Morgan fingerprint density at radius 1 is 1.25 bits per heavy atom. The normalized spacial score (nSPS) is 12.2. The fourth-order valence-corrected chi connectivity index (χ4v) is 3.71. The van der Waals surface area contributed by atoms with E-state index < -0.39 is 9.05 Å². The van der Waals surface area contributed by atoms with Crippen LogP contribution < -0.4 is 0 Å². The first kappa shape index (κ1) is 15.5. The van der Waals surface area contributed by atoms with Gasteiger partial charge in [0.1, 0.15) is 0 Å². The van der Waals surface area contributed by atoms with Crippen LogP contribution in [0.5, 0.6) is 0 Å². The van der Waals surface area contributed by atoms with Gasteiger partial charge < -0.3 is 0 Å². The molecule has 0 aliphatic rings. The first-order valence-corrected chi connectivity index (χ1v) is 9.08. The molecule has 110 valence electrons. The highest BCUT2D eigenvalue weighted by molar-refractivity contribution is 8.13. The molecule has 0 saturated carbocycles. The Morgan fingerprint density at radius 3 is 2.45 bits per heavy atom. The van der Waals surface area contributed by atoms with E-state index in [1.165, 1.54) is 4.52 Å². The number of hydrogen-bond acceptors (Lipinski definition) is 4. The van der Waals surface area contributed by atoms with Gasteiger partial charge in [-0.2, -0.15) is 9.61 Å². The maximum absolute atomic E-state index is 11.6. The smallest absolute Gasteiger partial charge is 0.213 e. The molecule has 0 radical (unpaired) electrons. The minimum atomic E-state index is -4.00. The van der Waals surface area contributed by atoms with Crippen LogP contribution in [0.3, 0.4) is 0 Å². The van der Waals surface area contributed by atoms with E-state index >= 15 is 0 Å². The summed E-state index contributed by atoms with van der Waals surface area (Å²) >= 11 is 5.92. The Balaban J connectivity index is 2.80. The van der Waals surface area contributed by atoms with Gasteiger partial charge in [-0.1, -0.05) is 38.3 Å². The van der Waals surface area contributed by atoms with Gasteiger partial charge in [0.05, 0.1) is 5.69 Å². The first-order valence-electron chi connectivity index (χ1n) is 6.40. The van der Waals surface area contributed by atoms with Crippen LogP contribution in [0, 0.1) is 0 Å². The lowest BCUT2D eigenvalue weighted by molar-refractivity contribution is 0.601. The second kappa shape index (κ2) is 5.87. The van der Waals surface area contributed by atoms with E-state index in [4.69, 9.17) is 22.3 Å². The molecule has 0 aromatic carbocycles. The molecule has 0 aliphatic heterocycles. The monoisotopic (exact) mass is 335 g/mol. The van der Waals surface area contributed by atoms with E-state index in [0.717, 1.165) is 36.9 Å². The molecule has 0 fully saturated rings. The van der Waals surface area contributed by atoms with Gasteiger partial charge >= 0.3 is 0 Å². The van der Waals surface area contributed by atoms with Crippen LogP contribution in [0.2, 0.25) is 5.15 Å². The maximum Gasteiger partial charge on any atom is 0.281 e. The van der Waals surface area contributed by atoms with Crippen molar-refractivity contribution in [3.8, 4) is 0 Å². The largest absolute Gasteiger partial charge is 0.281 e. The van der Waals surface area contributed by atoms with Crippen molar-refractivity contribution in [3.05, 3.63) is 22.5 Å². The average Bonchev–Trinajstić information content (AvgIpc) is 2.66. The van der Waals surface area contributed by atoms with Crippen molar-refractivity contribution < 1.29 is 8.42 Å². The summed E-state index contributed by atoms with van der Waals surface area (Å²) in [5.74, 6) is 0. The summed E-state index contributed by atoms with van der Waals surface area (Å²) in [6.45, 7) is 4.08. The van der Waals surface area contributed by atoms with Crippen LogP contribution in [0.1, 0.15) is 37.9 Å². The van der Waals surface area contributed by atoms with Crippen LogP contribution in [0.4, 0.5) is 0 Å². The summed E-state index contributed by atoms with van der Waals surface area (Å²) in [7, 11) is 1.43. The minimum Gasteiger partial charge on any atom is -0.213 e. The molecular formula is C12H15Cl2N3O2S. The number of fused-ring (bicyclic) bond motifs is 1. The molecule has 0 aliphatic carbocycles. The van der Waals surface area contributed by atoms with Crippen LogP contribution in [0.15, 0.2) is 11.1 Å². The van der Waals surface area contributed by atoms with E-state index in [0.29, 0.717) is 5.65 Å². The van der Waals surface area contributed by atoms with Crippen molar-refractivity contribution in [3.63, 3.8) is 0 Å². The molecule has 0 unspecified atom stereocenters. The topological polar surface area (TPSA) is 64.3 Å². The summed E-state index contributed by atoms with van der Waals surface area (Å²) < 4.78 is 24.5. The van der Waals surface area contributed by atoms with Crippen molar-refractivity contribution in [1.29, 1.82) is 0 Å². The molecule has 0 spiro atoms. The van der Waals surface area contributed by atoms with E-state index in [9.17, 15) is 8.42 Å². The van der Waals surface area contributed by atoms with Gasteiger partial charge in [0.15, 0.2) is 10.8 Å². The number of aromatic nitrogens is 3. The Morgan fingerprint density at radius 2 is 1.90 bits per heavy atom. The fourth-order valence-electron chi connectivity index (χ4n) is 2.13. The van der Waals surface area contributed by atoms with E-state index in [-0.39, 0.29) is 10.2 Å². The zero-order chi connectivity index (χ0) is 14.9. The highest BCUT2D eigenvalue weighted by atomic mass is 35.7. The summed E-state index contributed by atoms with van der Waals surface area (Å²) in [6, 6.07) is 1.95. The number of hydrogen-bond donors (Lipinski definition) is 0. The predicted molar refractivity (Wildman–Crippen MR) is 79.0 cm³/mol. The first-order chi connectivity index (χ1) is 9.38. The predicted octanol–water partition coefficient (Wildman–Crippen LogP) is 3.22. The second-order valence-corrected chi connectivity index (χ2v) is 7.38. The van der Waals surface area contributed by atoms with Gasteiger partial charge in [-0.25, -0.2) is 13.4 Å². The molecule has 5 nitrogen and oxygen atoms in total. The molecule has 0 N–H and O–H groups in total. The van der Waals surface area contributed by atoms with E-state index in [1.807, 2.05) is 19.9 Å². The van der Waals surface area contributed by atoms with Crippen LogP contribution in [-0.2, 0) is 21.9 Å². The lowest BCUT2D eigenvalue weighted by Crippen LogP contribution is -2.06. The number of nitrogens with zero attached hydrogens (tertiary/aromatic N) is 3. The molecule has 0 saturated heterocycles. The number of halogens is 2. The Labute approximate surface area is 127 Å². The number of rotatable bonds is 5. The van der Waals surface area contributed by atoms with Crippen molar-refractivity contribution in [2.24, 2.45) is 0 Å². The average molecular weight is 336 g/mol. The van der Waals surface area contributed by atoms with E-state index in [1.54, 1.807) is 0 Å². The zero-order valence-electron chi connectivity index (χ0n) is 11.2. The molecule has 0 bridgehead atoms. The second-order valence-electron chi connectivity index (χ2n) is 4.54. The highest BCUT2D eigenvalue weighted by Gasteiger charge is 2.25. The molecule has 0 amide bonds.